The summed E-state index contributed by atoms with van der Waals surface area (Å²) < 4.78 is 17.5. The van der Waals surface area contributed by atoms with Crippen molar-refractivity contribution in [1.29, 1.82) is 0 Å². The van der Waals surface area contributed by atoms with Crippen LogP contribution >= 0.6 is 7.60 Å². The fourth-order valence-corrected chi connectivity index (χ4v) is 4.36. The van der Waals surface area contributed by atoms with Gasteiger partial charge in [0.05, 0.1) is 6.61 Å². The molecule has 152 valence electrons. The minimum atomic E-state index is -3.37. The average molecular weight is 377 g/mol. The summed E-state index contributed by atoms with van der Waals surface area (Å²) in [5, 5.41) is 0. The Hall–Kier alpha value is 0.150. The normalized spacial score (nSPS) is 15.2. The van der Waals surface area contributed by atoms with Gasteiger partial charge in [0.1, 0.15) is 0 Å². The van der Waals surface area contributed by atoms with E-state index in [-0.39, 0.29) is 0 Å². The van der Waals surface area contributed by atoms with Crippen LogP contribution in [0.2, 0.25) is 0 Å². The summed E-state index contributed by atoms with van der Waals surface area (Å²) in [5.74, 6) is 0.428. The van der Waals surface area contributed by atoms with Gasteiger partial charge in [0.25, 0.3) is 0 Å². The quantitative estimate of drug-likeness (QED) is 0.185. The van der Waals surface area contributed by atoms with E-state index in [1.165, 1.54) is 70.6 Å². The molecular formula is C21H45O3P. The number of hydrogen-bond donors (Lipinski definition) is 1. The first-order valence-corrected chi connectivity index (χ1v) is 12.8. The van der Waals surface area contributed by atoms with Crippen molar-refractivity contribution in [1.82, 2.24) is 0 Å². The molecule has 0 radical (unpaired) electrons. The maximum Gasteiger partial charge on any atom is 0.328 e. The van der Waals surface area contributed by atoms with Crippen molar-refractivity contribution in [2.45, 2.75) is 117 Å². The third-order valence-electron chi connectivity index (χ3n) is 5.10. The van der Waals surface area contributed by atoms with Crippen LogP contribution in [0, 0.1) is 5.92 Å². The zero-order valence-electron chi connectivity index (χ0n) is 17.3. The van der Waals surface area contributed by atoms with E-state index in [1.807, 2.05) is 0 Å². The standard InChI is InChI=1S/C21H45O3P/c1-4-7-9-10-11-12-13-14-15-16-17-19-25(22,23)24-20-21(6-3)18-8-5-2/h21H,4-20H2,1-3H3,(H,22,23). The maximum absolute atomic E-state index is 12.1. The highest BCUT2D eigenvalue weighted by Crippen LogP contribution is 2.43. The molecule has 0 amide bonds. The first-order chi connectivity index (χ1) is 12.1. The highest BCUT2D eigenvalue weighted by molar-refractivity contribution is 7.52. The molecule has 3 nitrogen and oxygen atoms in total. The van der Waals surface area contributed by atoms with Gasteiger partial charge in [0.2, 0.25) is 0 Å². The summed E-state index contributed by atoms with van der Waals surface area (Å²) in [7, 11) is -3.37. The topological polar surface area (TPSA) is 46.5 Å². The van der Waals surface area contributed by atoms with Gasteiger partial charge >= 0.3 is 7.60 Å². The molecule has 0 aliphatic carbocycles. The number of rotatable bonds is 19. The summed E-state index contributed by atoms with van der Waals surface area (Å²) in [6.07, 6.45) is 18.6. The van der Waals surface area contributed by atoms with Crippen LogP contribution in [-0.4, -0.2) is 17.7 Å². The summed E-state index contributed by atoms with van der Waals surface area (Å²) >= 11 is 0. The molecule has 2 unspecified atom stereocenters. The molecule has 0 aromatic carbocycles. The molecule has 0 aliphatic heterocycles. The Morgan fingerprint density at radius 1 is 0.760 bits per heavy atom. The lowest BCUT2D eigenvalue weighted by atomic mass is 10.0. The molecule has 0 bridgehead atoms. The van der Waals surface area contributed by atoms with Crippen LogP contribution in [0.5, 0.6) is 0 Å². The second-order valence-corrected chi connectivity index (χ2v) is 9.59. The molecule has 0 aliphatic rings. The summed E-state index contributed by atoms with van der Waals surface area (Å²) in [5.41, 5.74) is 0. The lowest BCUT2D eigenvalue weighted by Gasteiger charge is -2.18. The summed E-state index contributed by atoms with van der Waals surface area (Å²) in [6.45, 7) is 7.01. The van der Waals surface area contributed by atoms with Crippen molar-refractivity contribution >= 4 is 7.60 Å². The minimum Gasteiger partial charge on any atom is -0.324 e. The van der Waals surface area contributed by atoms with E-state index in [2.05, 4.69) is 20.8 Å². The minimum absolute atomic E-state index is 0.328. The molecule has 0 aromatic heterocycles. The van der Waals surface area contributed by atoms with Crippen molar-refractivity contribution in [2.75, 3.05) is 12.8 Å². The molecule has 4 heteroatoms. The second-order valence-electron chi connectivity index (χ2n) is 7.61. The van der Waals surface area contributed by atoms with Gasteiger partial charge in [-0.05, 0) is 18.8 Å². The van der Waals surface area contributed by atoms with Gasteiger partial charge in [-0.25, -0.2) is 0 Å². The second kappa shape index (κ2) is 17.6. The third-order valence-corrected chi connectivity index (χ3v) is 6.53. The first-order valence-electron chi connectivity index (χ1n) is 11.0. The van der Waals surface area contributed by atoms with E-state index in [0.29, 0.717) is 18.7 Å². The Morgan fingerprint density at radius 3 is 1.72 bits per heavy atom. The van der Waals surface area contributed by atoms with Crippen molar-refractivity contribution < 1.29 is 14.0 Å². The van der Waals surface area contributed by atoms with Gasteiger partial charge in [0.15, 0.2) is 0 Å². The van der Waals surface area contributed by atoms with Gasteiger partial charge in [-0.2, -0.15) is 0 Å². The van der Waals surface area contributed by atoms with E-state index in [4.69, 9.17) is 4.52 Å². The van der Waals surface area contributed by atoms with Crippen LogP contribution in [0.1, 0.15) is 117 Å². The highest BCUT2D eigenvalue weighted by Gasteiger charge is 2.20. The van der Waals surface area contributed by atoms with Gasteiger partial charge in [-0.1, -0.05) is 104 Å². The summed E-state index contributed by atoms with van der Waals surface area (Å²) in [4.78, 5) is 9.96. The molecule has 1 N–H and O–H groups in total. The van der Waals surface area contributed by atoms with Crippen LogP contribution in [0.3, 0.4) is 0 Å². The third kappa shape index (κ3) is 17.3. The predicted molar refractivity (Wildman–Crippen MR) is 110 cm³/mol. The van der Waals surface area contributed by atoms with Gasteiger partial charge in [0, 0.05) is 6.16 Å². The molecule has 0 saturated carbocycles. The zero-order valence-corrected chi connectivity index (χ0v) is 18.2. The predicted octanol–water partition coefficient (Wildman–Crippen LogP) is 7.72. The Bertz CT molecular complexity index is 320. The van der Waals surface area contributed by atoms with E-state index in [9.17, 15) is 9.46 Å². The molecule has 0 rings (SSSR count). The van der Waals surface area contributed by atoms with Crippen LogP contribution in [-0.2, 0) is 9.09 Å². The molecular weight excluding hydrogens is 331 g/mol. The van der Waals surface area contributed by atoms with E-state index < -0.39 is 7.60 Å². The zero-order chi connectivity index (χ0) is 18.8. The van der Waals surface area contributed by atoms with Crippen molar-refractivity contribution in [2.24, 2.45) is 5.92 Å². The lowest BCUT2D eigenvalue weighted by Crippen LogP contribution is -2.08. The first kappa shape index (κ1) is 25.1. The fourth-order valence-electron chi connectivity index (χ4n) is 3.16. The molecule has 25 heavy (non-hydrogen) atoms. The van der Waals surface area contributed by atoms with Crippen LogP contribution in [0.25, 0.3) is 0 Å². The molecule has 2 atom stereocenters. The average Bonchev–Trinajstić information content (AvgIpc) is 2.60. The number of hydrogen-bond acceptors (Lipinski definition) is 2. The van der Waals surface area contributed by atoms with E-state index in [0.717, 1.165) is 25.7 Å². The van der Waals surface area contributed by atoms with Crippen LogP contribution in [0.15, 0.2) is 0 Å². The van der Waals surface area contributed by atoms with Gasteiger partial charge < -0.3 is 9.42 Å². The van der Waals surface area contributed by atoms with Crippen LogP contribution in [0.4, 0.5) is 0 Å². The van der Waals surface area contributed by atoms with Crippen molar-refractivity contribution in [3.63, 3.8) is 0 Å². The Morgan fingerprint density at radius 2 is 1.24 bits per heavy atom. The Kier molecular flexibility index (Phi) is 17.7. The lowest BCUT2D eigenvalue weighted by molar-refractivity contribution is 0.203. The molecule has 0 aromatic rings. The monoisotopic (exact) mass is 376 g/mol. The number of unbranched alkanes of at least 4 members (excludes halogenated alkanes) is 11. The van der Waals surface area contributed by atoms with E-state index in [1.54, 1.807) is 0 Å². The largest absolute Gasteiger partial charge is 0.328 e. The fraction of sp³-hybridized carbons (Fsp3) is 1.00. The summed E-state index contributed by atoms with van der Waals surface area (Å²) in [6, 6.07) is 0. The Labute approximate surface area is 157 Å². The van der Waals surface area contributed by atoms with Crippen molar-refractivity contribution in [3.05, 3.63) is 0 Å². The smallest absolute Gasteiger partial charge is 0.324 e. The molecule has 0 spiro atoms. The molecule has 0 fully saturated rings. The highest BCUT2D eigenvalue weighted by atomic mass is 31.2. The van der Waals surface area contributed by atoms with Crippen LogP contribution < -0.4 is 0 Å². The van der Waals surface area contributed by atoms with Crippen molar-refractivity contribution in [3.8, 4) is 0 Å². The molecule has 0 saturated heterocycles. The SMILES string of the molecule is CCCCCCCCCCCCCP(=O)(O)OCC(CC)CCCC. The van der Waals surface area contributed by atoms with E-state index >= 15 is 0 Å². The maximum atomic E-state index is 12.1. The van der Waals surface area contributed by atoms with Gasteiger partial charge in [-0.15, -0.1) is 0 Å². The van der Waals surface area contributed by atoms with Gasteiger partial charge in [-0.3, -0.25) is 4.57 Å². The Balaban J connectivity index is 3.54. The molecule has 0 heterocycles.